The minimum Gasteiger partial charge on any atom is -0.304 e. The molecule has 1 N–H and O–H groups in total. The van der Waals surface area contributed by atoms with Gasteiger partial charge in [-0.15, -0.1) is 0 Å². The molecule has 2 heteroatoms. The highest BCUT2D eigenvalue weighted by molar-refractivity contribution is 9.10. The van der Waals surface area contributed by atoms with E-state index in [-0.39, 0.29) is 0 Å². The molecule has 2 bridgehead atoms. The molecule has 2 heterocycles. The smallest absolute Gasteiger partial charge is 0.0452 e. The first-order valence-corrected chi connectivity index (χ1v) is 5.62. The molecule has 2 unspecified atom stereocenters. The van der Waals surface area contributed by atoms with Crippen LogP contribution < -0.4 is 5.32 Å². The van der Waals surface area contributed by atoms with Gasteiger partial charge in [0, 0.05) is 16.1 Å². The van der Waals surface area contributed by atoms with Crippen LogP contribution in [0.15, 0.2) is 28.7 Å². The molecule has 1 nitrogen and oxygen atoms in total. The van der Waals surface area contributed by atoms with Crippen LogP contribution in [0.25, 0.3) is 0 Å². The van der Waals surface area contributed by atoms with Gasteiger partial charge in [-0.2, -0.15) is 0 Å². The molecule has 3 aliphatic rings. The Morgan fingerprint density at radius 2 is 2.31 bits per heavy atom. The highest BCUT2D eigenvalue weighted by Gasteiger charge is 2.50. The molecule has 1 saturated carbocycles. The average Bonchev–Trinajstić information content (AvgIpc) is 2.61. The molecule has 0 radical (unpaired) electrons. The maximum atomic E-state index is 3.65. The van der Waals surface area contributed by atoms with E-state index >= 15 is 0 Å². The van der Waals surface area contributed by atoms with Crippen LogP contribution in [-0.4, -0.2) is 6.04 Å². The van der Waals surface area contributed by atoms with E-state index in [2.05, 4.69) is 45.5 Å². The molecule has 2 aliphatic heterocycles. The first-order chi connectivity index (χ1) is 6.28. The van der Waals surface area contributed by atoms with Gasteiger partial charge in [0.2, 0.25) is 0 Å². The highest BCUT2D eigenvalue weighted by atomic mass is 79.9. The average molecular weight is 238 g/mol. The number of fused-ring (bicyclic) bond motifs is 1. The number of rotatable bonds is 1. The predicted octanol–water partition coefficient (Wildman–Crippen LogP) is 2.80. The predicted molar refractivity (Wildman–Crippen MR) is 56.6 cm³/mol. The Labute approximate surface area is 86.7 Å². The summed E-state index contributed by atoms with van der Waals surface area (Å²) in [5.74, 6) is 0. The maximum Gasteiger partial charge on any atom is 0.0452 e. The van der Waals surface area contributed by atoms with Crippen molar-refractivity contribution < 1.29 is 0 Å². The SMILES string of the molecule is Brc1cccc(C23CCC(C2)N3)c1. The Kier molecular flexibility index (Phi) is 1.59. The van der Waals surface area contributed by atoms with Crippen LogP contribution in [-0.2, 0) is 5.54 Å². The highest BCUT2D eigenvalue weighted by Crippen LogP contribution is 2.48. The van der Waals surface area contributed by atoms with Crippen LogP contribution in [0.3, 0.4) is 0 Å². The monoisotopic (exact) mass is 237 g/mol. The Morgan fingerprint density at radius 3 is 2.92 bits per heavy atom. The minimum atomic E-state index is 0.342. The van der Waals surface area contributed by atoms with Crippen LogP contribution in [0.4, 0.5) is 0 Å². The largest absolute Gasteiger partial charge is 0.304 e. The van der Waals surface area contributed by atoms with Gasteiger partial charge in [-0.25, -0.2) is 0 Å². The van der Waals surface area contributed by atoms with Crippen molar-refractivity contribution in [1.29, 1.82) is 0 Å². The van der Waals surface area contributed by atoms with E-state index in [0.717, 1.165) is 6.04 Å². The van der Waals surface area contributed by atoms with Gasteiger partial charge in [-0.3, -0.25) is 0 Å². The number of hydrogen-bond donors (Lipinski definition) is 1. The molecule has 2 saturated heterocycles. The van der Waals surface area contributed by atoms with Gasteiger partial charge in [-0.1, -0.05) is 28.1 Å². The first-order valence-electron chi connectivity index (χ1n) is 4.82. The quantitative estimate of drug-likeness (QED) is 0.793. The Bertz CT molecular complexity index is 336. The van der Waals surface area contributed by atoms with Gasteiger partial charge in [0.15, 0.2) is 0 Å². The molecule has 13 heavy (non-hydrogen) atoms. The fourth-order valence-corrected chi connectivity index (χ4v) is 3.09. The molecular weight excluding hydrogens is 226 g/mol. The molecule has 68 valence electrons. The molecule has 0 spiro atoms. The van der Waals surface area contributed by atoms with Gasteiger partial charge >= 0.3 is 0 Å². The van der Waals surface area contributed by atoms with Crippen molar-refractivity contribution in [3.63, 3.8) is 0 Å². The van der Waals surface area contributed by atoms with Crippen LogP contribution in [0.5, 0.6) is 0 Å². The fourth-order valence-electron chi connectivity index (χ4n) is 2.69. The third kappa shape index (κ3) is 1.09. The minimum absolute atomic E-state index is 0.342. The van der Waals surface area contributed by atoms with Crippen molar-refractivity contribution in [1.82, 2.24) is 5.32 Å². The van der Waals surface area contributed by atoms with E-state index in [1.165, 1.54) is 29.3 Å². The first kappa shape index (κ1) is 8.01. The Balaban J connectivity index is 2.00. The van der Waals surface area contributed by atoms with Crippen molar-refractivity contribution in [2.75, 3.05) is 0 Å². The number of hydrogen-bond acceptors (Lipinski definition) is 1. The lowest BCUT2D eigenvalue weighted by atomic mass is 9.83. The topological polar surface area (TPSA) is 12.0 Å². The summed E-state index contributed by atoms with van der Waals surface area (Å²) in [7, 11) is 0. The van der Waals surface area contributed by atoms with Crippen molar-refractivity contribution in [3.8, 4) is 0 Å². The fraction of sp³-hybridized carbons (Fsp3) is 0.455. The van der Waals surface area contributed by atoms with E-state index in [4.69, 9.17) is 0 Å². The number of nitrogens with one attached hydrogen (secondary N) is 1. The second-order valence-electron chi connectivity index (χ2n) is 4.18. The number of halogens is 1. The van der Waals surface area contributed by atoms with Gasteiger partial charge in [0.25, 0.3) is 0 Å². The third-order valence-electron chi connectivity index (χ3n) is 3.37. The van der Waals surface area contributed by atoms with Crippen LogP contribution >= 0.6 is 15.9 Å². The third-order valence-corrected chi connectivity index (χ3v) is 3.87. The van der Waals surface area contributed by atoms with Crippen molar-refractivity contribution in [2.45, 2.75) is 30.8 Å². The molecular formula is C11H12BrN. The van der Waals surface area contributed by atoms with Crippen molar-refractivity contribution in [3.05, 3.63) is 34.3 Å². The van der Waals surface area contributed by atoms with Crippen molar-refractivity contribution >= 4 is 15.9 Å². The summed E-state index contributed by atoms with van der Waals surface area (Å²) in [5.41, 5.74) is 1.80. The standard InChI is InChI=1S/C11H12BrN/c12-9-3-1-2-8(6-9)11-5-4-10(7-11)13-11/h1-3,6,10,13H,4-5,7H2. The molecule has 1 aromatic carbocycles. The Morgan fingerprint density at radius 1 is 1.46 bits per heavy atom. The molecule has 2 atom stereocenters. The van der Waals surface area contributed by atoms with E-state index < -0.39 is 0 Å². The van der Waals surface area contributed by atoms with Gasteiger partial charge < -0.3 is 5.32 Å². The van der Waals surface area contributed by atoms with Crippen LogP contribution in [0.1, 0.15) is 24.8 Å². The zero-order chi connectivity index (χ0) is 8.89. The van der Waals surface area contributed by atoms with Crippen LogP contribution in [0.2, 0.25) is 0 Å². The second kappa shape index (κ2) is 2.58. The maximum absolute atomic E-state index is 3.65. The van der Waals surface area contributed by atoms with Crippen LogP contribution in [0, 0.1) is 0 Å². The van der Waals surface area contributed by atoms with Crippen molar-refractivity contribution in [2.24, 2.45) is 0 Å². The van der Waals surface area contributed by atoms with E-state index in [1.807, 2.05) is 0 Å². The summed E-state index contributed by atoms with van der Waals surface area (Å²) in [6.07, 6.45) is 4.00. The van der Waals surface area contributed by atoms with Gasteiger partial charge in [0.1, 0.15) is 0 Å². The zero-order valence-electron chi connectivity index (χ0n) is 7.39. The number of benzene rings is 1. The molecule has 1 aromatic rings. The summed E-state index contributed by atoms with van der Waals surface area (Å²) in [6, 6.07) is 9.50. The summed E-state index contributed by atoms with van der Waals surface area (Å²) < 4.78 is 1.19. The van der Waals surface area contributed by atoms with E-state index in [9.17, 15) is 0 Å². The van der Waals surface area contributed by atoms with Gasteiger partial charge in [0.05, 0.1) is 0 Å². The molecule has 1 aliphatic carbocycles. The summed E-state index contributed by atoms with van der Waals surface area (Å²) in [6.45, 7) is 0. The molecule has 0 aromatic heterocycles. The van der Waals surface area contributed by atoms with Gasteiger partial charge in [-0.05, 0) is 37.0 Å². The molecule has 0 amide bonds. The zero-order valence-corrected chi connectivity index (χ0v) is 8.97. The van der Waals surface area contributed by atoms with E-state index in [1.54, 1.807) is 0 Å². The van der Waals surface area contributed by atoms with E-state index in [0.29, 0.717) is 5.54 Å². The molecule has 4 rings (SSSR count). The lowest BCUT2D eigenvalue weighted by Crippen LogP contribution is -2.53. The molecule has 3 fully saturated rings. The normalized spacial score (nSPS) is 35.9. The lowest BCUT2D eigenvalue weighted by molar-refractivity contribution is 0.225. The second-order valence-corrected chi connectivity index (χ2v) is 5.09. The summed E-state index contributed by atoms with van der Waals surface area (Å²) >= 11 is 3.52. The lowest BCUT2D eigenvalue weighted by Gasteiger charge is -2.41. The summed E-state index contributed by atoms with van der Waals surface area (Å²) in [5, 5.41) is 3.65. The summed E-state index contributed by atoms with van der Waals surface area (Å²) in [4.78, 5) is 0. The Hall–Kier alpha value is -0.340.